The third-order valence-electron chi connectivity index (χ3n) is 3.84. The average molecular weight is 335 g/mol. The summed E-state index contributed by atoms with van der Waals surface area (Å²) in [5, 5.41) is 1.70. The number of likely N-dealkylation sites (tertiary alicyclic amines) is 1. The zero-order valence-corrected chi connectivity index (χ0v) is 13.4. The van der Waals surface area contributed by atoms with Crippen LogP contribution >= 0.6 is 0 Å². The molecule has 1 atom stereocenters. The molecule has 9 heteroatoms. The first-order valence-electron chi connectivity index (χ1n) is 7.49. The summed E-state index contributed by atoms with van der Waals surface area (Å²) in [6.45, 7) is 0.0409. The second-order valence-corrected chi connectivity index (χ2v) is 5.39. The molecule has 1 aromatic carbocycles. The van der Waals surface area contributed by atoms with Crippen molar-refractivity contribution in [1.82, 2.24) is 9.91 Å². The molecule has 1 aromatic rings. The molecule has 0 saturated carbocycles. The van der Waals surface area contributed by atoms with Crippen molar-refractivity contribution in [3.05, 3.63) is 30.3 Å². The number of anilines is 1. The number of hydrogen-bond acceptors (Lipinski definition) is 6. The van der Waals surface area contributed by atoms with E-state index in [0.717, 1.165) is 5.01 Å². The average Bonchev–Trinajstić information content (AvgIpc) is 3.10. The maximum absolute atomic E-state index is 12.6. The summed E-state index contributed by atoms with van der Waals surface area (Å²) in [6.07, 6.45) is 0.358. The fourth-order valence-electron chi connectivity index (χ4n) is 2.62. The van der Waals surface area contributed by atoms with Gasteiger partial charge in [0.2, 0.25) is 5.91 Å². The van der Waals surface area contributed by atoms with E-state index < -0.39 is 18.0 Å². The fourth-order valence-corrected chi connectivity index (χ4v) is 2.62. The molecule has 1 aliphatic heterocycles. The van der Waals surface area contributed by atoms with E-state index in [9.17, 15) is 14.4 Å². The third-order valence-corrected chi connectivity index (χ3v) is 3.84. The van der Waals surface area contributed by atoms with Gasteiger partial charge in [0.1, 0.15) is 12.6 Å². The molecule has 0 unspecified atom stereocenters. The minimum absolute atomic E-state index is 0.369. The van der Waals surface area contributed by atoms with Crippen LogP contribution in [0.15, 0.2) is 30.3 Å². The van der Waals surface area contributed by atoms with E-state index in [1.165, 1.54) is 12.0 Å². The standard InChI is InChI=1S/C15H21N5O4/c1-24-15(23)19(16)10-13(21)18-9-5-8-12(18)14(22)20(17)11-6-3-2-4-7-11/h2-4,6-7,12H,5,8-10,16-17H2,1H3/t12-/m0/s1. The molecule has 2 rings (SSSR count). The lowest BCUT2D eigenvalue weighted by atomic mass is 10.2. The lowest BCUT2D eigenvalue weighted by Crippen LogP contribution is -2.53. The van der Waals surface area contributed by atoms with Crippen LogP contribution in [0.25, 0.3) is 0 Å². The second kappa shape index (κ2) is 7.75. The van der Waals surface area contributed by atoms with Crippen LogP contribution in [0.1, 0.15) is 12.8 Å². The number of benzene rings is 1. The van der Waals surface area contributed by atoms with Gasteiger partial charge in [0.15, 0.2) is 0 Å². The zero-order valence-electron chi connectivity index (χ0n) is 13.4. The van der Waals surface area contributed by atoms with E-state index in [-0.39, 0.29) is 12.5 Å². The number of nitrogens with zero attached hydrogens (tertiary/aromatic N) is 3. The highest BCUT2D eigenvalue weighted by molar-refractivity contribution is 5.99. The van der Waals surface area contributed by atoms with Gasteiger partial charge >= 0.3 is 6.09 Å². The van der Waals surface area contributed by atoms with Crippen LogP contribution in [-0.2, 0) is 14.3 Å². The van der Waals surface area contributed by atoms with Crippen LogP contribution in [-0.4, -0.2) is 54.1 Å². The molecule has 130 valence electrons. The van der Waals surface area contributed by atoms with Gasteiger partial charge in [0.25, 0.3) is 5.91 Å². The lowest BCUT2D eigenvalue weighted by Gasteiger charge is -2.28. The van der Waals surface area contributed by atoms with E-state index in [1.807, 2.05) is 6.07 Å². The SMILES string of the molecule is COC(=O)N(N)CC(=O)N1CCC[C@H]1C(=O)N(N)c1ccccc1. The highest BCUT2D eigenvalue weighted by Crippen LogP contribution is 2.21. The molecule has 0 radical (unpaired) electrons. The molecule has 1 fully saturated rings. The number of carbonyl (C=O) groups is 3. The number of hydrogen-bond donors (Lipinski definition) is 2. The van der Waals surface area contributed by atoms with Gasteiger partial charge in [-0.2, -0.15) is 0 Å². The summed E-state index contributed by atoms with van der Waals surface area (Å²) < 4.78 is 4.44. The van der Waals surface area contributed by atoms with Crippen LogP contribution in [0.4, 0.5) is 10.5 Å². The Hall–Kier alpha value is -2.65. The summed E-state index contributed by atoms with van der Waals surface area (Å²) in [7, 11) is 1.17. The van der Waals surface area contributed by atoms with Crippen LogP contribution in [0, 0.1) is 0 Å². The van der Waals surface area contributed by atoms with Crippen molar-refractivity contribution in [3.63, 3.8) is 0 Å². The maximum atomic E-state index is 12.6. The quantitative estimate of drug-likeness (QED) is 0.447. The lowest BCUT2D eigenvalue weighted by molar-refractivity contribution is -0.138. The molecule has 0 aromatic heterocycles. The van der Waals surface area contributed by atoms with Crippen LogP contribution in [0.3, 0.4) is 0 Å². The number of methoxy groups -OCH3 is 1. The number of amides is 3. The summed E-state index contributed by atoms with van der Waals surface area (Å²) >= 11 is 0. The van der Waals surface area contributed by atoms with Crippen molar-refractivity contribution in [2.45, 2.75) is 18.9 Å². The second-order valence-electron chi connectivity index (χ2n) is 5.39. The first-order valence-corrected chi connectivity index (χ1v) is 7.49. The summed E-state index contributed by atoms with van der Waals surface area (Å²) in [4.78, 5) is 37.6. The van der Waals surface area contributed by atoms with Crippen molar-refractivity contribution in [1.29, 1.82) is 0 Å². The minimum Gasteiger partial charge on any atom is -0.452 e. The Morgan fingerprint density at radius 2 is 1.92 bits per heavy atom. The smallest absolute Gasteiger partial charge is 0.424 e. The van der Waals surface area contributed by atoms with E-state index >= 15 is 0 Å². The molecule has 1 saturated heterocycles. The molecule has 24 heavy (non-hydrogen) atoms. The Kier molecular flexibility index (Phi) is 5.72. The Morgan fingerprint density at radius 3 is 2.54 bits per heavy atom. The molecule has 9 nitrogen and oxygen atoms in total. The summed E-state index contributed by atoms with van der Waals surface area (Å²) in [5.41, 5.74) is 0.539. The van der Waals surface area contributed by atoms with Crippen LogP contribution in [0.2, 0.25) is 0 Å². The number of hydrazine groups is 2. The number of rotatable bonds is 4. The molecular weight excluding hydrogens is 314 g/mol. The van der Waals surface area contributed by atoms with E-state index in [0.29, 0.717) is 30.1 Å². The minimum atomic E-state index is -0.824. The van der Waals surface area contributed by atoms with Crippen LogP contribution in [0.5, 0.6) is 0 Å². The largest absolute Gasteiger partial charge is 0.452 e. The van der Waals surface area contributed by atoms with Crippen molar-refractivity contribution in [2.75, 3.05) is 25.2 Å². The monoisotopic (exact) mass is 335 g/mol. The van der Waals surface area contributed by atoms with E-state index in [2.05, 4.69) is 4.74 Å². The molecule has 0 spiro atoms. The molecule has 0 aliphatic carbocycles. The number of nitrogens with two attached hydrogens (primary N) is 2. The Bertz CT molecular complexity index is 609. The summed E-state index contributed by atoms with van der Waals surface area (Å²) in [5.74, 6) is 10.5. The van der Waals surface area contributed by atoms with Gasteiger partial charge in [-0.15, -0.1) is 0 Å². The number of ether oxygens (including phenoxy) is 1. The number of carbonyl (C=O) groups excluding carboxylic acids is 3. The molecule has 1 aliphatic rings. The van der Waals surface area contributed by atoms with Crippen molar-refractivity contribution in [3.8, 4) is 0 Å². The van der Waals surface area contributed by atoms with Crippen molar-refractivity contribution < 1.29 is 19.1 Å². The molecule has 3 amide bonds. The normalized spacial score (nSPS) is 16.6. The Morgan fingerprint density at radius 1 is 1.25 bits per heavy atom. The fraction of sp³-hybridized carbons (Fsp3) is 0.400. The first-order chi connectivity index (χ1) is 11.5. The molecule has 1 heterocycles. The number of para-hydroxylation sites is 1. The zero-order chi connectivity index (χ0) is 17.7. The third kappa shape index (κ3) is 3.81. The van der Waals surface area contributed by atoms with Gasteiger partial charge < -0.3 is 9.64 Å². The molecule has 0 bridgehead atoms. The Labute approximate surface area is 139 Å². The van der Waals surface area contributed by atoms with E-state index in [4.69, 9.17) is 11.7 Å². The van der Waals surface area contributed by atoms with Gasteiger partial charge in [0.05, 0.1) is 12.8 Å². The van der Waals surface area contributed by atoms with Crippen molar-refractivity contribution in [2.24, 2.45) is 11.7 Å². The predicted molar refractivity (Wildman–Crippen MR) is 86.1 cm³/mol. The van der Waals surface area contributed by atoms with Gasteiger partial charge in [-0.3, -0.25) is 9.59 Å². The molecule has 4 N–H and O–H groups in total. The van der Waals surface area contributed by atoms with Gasteiger partial charge in [-0.25, -0.2) is 26.5 Å². The predicted octanol–water partition coefficient (Wildman–Crippen LogP) is -0.174. The topological polar surface area (TPSA) is 122 Å². The highest BCUT2D eigenvalue weighted by atomic mass is 16.5. The summed E-state index contributed by atoms with van der Waals surface area (Å²) in [6, 6.07) is 8.09. The van der Waals surface area contributed by atoms with Gasteiger partial charge in [-0.1, -0.05) is 18.2 Å². The van der Waals surface area contributed by atoms with Gasteiger partial charge in [0, 0.05) is 6.54 Å². The highest BCUT2D eigenvalue weighted by Gasteiger charge is 2.37. The Balaban J connectivity index is 2.05. The van der Waals surface area contributed by atoms with Gasteiger partial charge in [-0.05, 0) is 25.0 Å². The van der Waals surface area contributed by atoms with Crippen molar-refractivity contribution >= 4 is 23.6 Å². The van der Waals surface area contributed by atoms with Crippen LogP contribution < -0.4 is 16.7 Å². The maximum Gasteiger partial charge on any atom is 0.424 e. The first kappa shape index (κ1) is 17.7. The van der Waals surface area contributed by atoms with E-state index in [1.54, 1.807) is 24.3 Å². The molecular formula is C15H21N5O4.